The van der Waals surface area contributed by atoms with Crippen LogP contribution < -0.4 is 0 Å². The van der Waals surface area contributed by atoms with Gasteiger partial charge in [0, 0.05) is 17.7 Å². The van der Waals surface area contributed by atoms with Gasteiger partial charge in [0.1, 0.15) is 5.03 Å². The fourth-order valence-corrected chi connectivity index (χ4v) is 2.20. The van der Waals surface area contributed by atoms with E-state index in [2.05, 4.69) is 10.2 Å². The average Bonchev–Trinajstić information content (AvgIpc) is 3.08. The Morgan fingerprint density at radius 2 is 1.96 bits per heavy atom. The smallest absolute Gasteiger partial charge is 0.270 e. The number of nitro groups is 1. The Morgan fingerprint density at radius 1 is 1.16 bits per heavy atom. The number of rotatable bonds is 4. The summed E-state index contributed by atoms with van der Waals surface area (Å²) in [6, 6.07) is 8.93. The molecule has 0 unspecified atom stereocenters. The molecule has 0 spiro atoms. The minimum Gasteiger partial charge on any atom is -0.415 e. The summed E-state index contributed by atoms with van der Waals surface area (Å²) in [6.07, 6.45) is 1.33. The van der Waals surface area contributed by atoms with Crippen LogP contribution in [0.4, 0.5) is 14.5 Å². The van der Waals surface area contributed by atoms with Crippen LogP contribution in [0.2, 0.25) is 0 Å². The zero-order valence-corrected chi connectivity index (χ0v) is 13.1. The quantitative estimate of drug-likeness (QED) is 0.497. The van der Waals surface area contributed by atoms with Crippen molar-refractivity contribution in [1.29, 1.82) is 0 Å². The van der Waals surface area contributed by atoms with Gasteiger partial charge in [0.05, 0.1) is 4.92 Å². The molecule has 0 aliphatic rings. The van der Waals surface area contributed by atoms with Crippen molar-refractivity contribution in [2.45, 2.75) is 0 Å². The highest BCUT2D eigenvalue weighted by atomic mass is 35.5. The number of non-ortho nitro benzene ring substituents is 1. The number of hydrogen-bond acceptors (Lipinski definition) is 5. The zero-order valence-electron chi connectivity index (χ0n) is 12.3. The highest BCUT2D eigenvalue weighted by Crippen LogP contribution is 2.27. The van der Waals surface area contributed by atoms with Crippen LogP contribution in [0.5, 0.6) is 0 Å². The molecule has 1 heterocycles. The molecule has 2 aromatic carbocycles. The second kappa shape index (κ2) is 6.78. The molecule has 0 bridgehead atoms. The van der Waals surface area contributed by atoms with Gasteiger partial charge < -0.3 is 4.42 Å². The molecule has 6 nitrogen and oxygen atoms in total. The summed E-state index contributed by atoms with van der Waals surface area (Å²) in [4.78, 5) is 10.3. The van der Waals surface area contributed by atoms with E-state index in [0.717, 1.165) is 12.1 Å². The number of hydrogen-bond donors (Lipinski definition) is 0. The van der Waals surface area contributed by atoms with Crippen molar-refractivity contribution in [3.05, 3.63) is 75.7 Å². The van der Waals surface area contributed by atoms with Crippen molar-refractivity contribution >= 4 is 28.4 Å². The van der Waals surface area contributed by atoms with Crippen molar-refractivity contribution in [3.63, 3.8) is 0 Å². The lowest BCUT2D eigenvalue weighted by molar-refractivity contribution is -0.384. The standard InChI is InChI=1S/C16H8ClF2N3O3/c17-12(6-9-4-5-13(18)14(19)7-9)16-21-20-15(25-16)10-2-1-3-11(8-10)22(23)24/h1-8H/b12-6-. The maximum absolute atomic E-state index is 13.2. The number of aromatic nitrogens is 2. The van der Waals surface area contributed by atoms with Crippen LogP contribution in [0.1, 0.15) is 11.5 Å². The van der Waals surface area contributed by atoms with E-state index in [-0.39, 0.29) is 22.5 Å². The molecule has 126 valence electrons. The molecule has 0 radical (unpaired) electrons. The first-order chi connectivity index (χ1) is 11.9. The predicted octanol–water partition coefficient (Wildman–Crippen LogP) is 4.66. The minimum absolute atomic E-state index is 0.00943. The van der Waals surface area contributed by atoms with Crippen LogP contribution in [0, 0.1) is 21.7 Å². The third-order valence-electron chi connectivity index (χ3n) is 3.17. The summed E-state index contributed by atoms with van der Waals surface area (Å²) in [5, 5.41) is 18.3. The summed E-state index contributed by atoms with van der Waals surface area (Å²) in [5.74, 6) is -2.01. The van der Waals surface area contributed by atoms with Crippen LogP contribution in [0.25, 0.3) is 22.6 Å². The second-order valence-electron chi connectivity index (χ2n) is 4.89. The average molecular weight is 364 g/mol. The van der Waals surface area contributed by atoms with Crippen LogP contribution >= 0.6 is 11.6 Å². The number of nitrogens with zero attached hydrogens (tertiary/aromatic N) is 3. The first kappa shape index (κ1) is 16.7. The van der Waals surface area contributed by atoms with Crippen molar-refractivity contribution in [2.75, 3.05) is 0 Å². The van der Waals surface area contributed by atoms with Gasteiger partial charge in [-0.15, -0.1) is 10.2 Å². The highest BCUT2D eigenvalue weighted by Gasteiger charge is 2.14. The van der Waals surface area contributed by atoms with Gasteiger partial charge in [0.15, 0.2) is 11.6 Å². The van der Waals surface area contributed by atoms with Crippen LogP contribution in [-0.4, -0.2) is 15.1 Å². The molecule has 0 fully saturated rings. The monoisotopic (exact) mass is 363 g/mol. The Kier molecular flexibility index (Phi) is 4.53. The van der Waals surface area contributed by atoms with Gasteiger partial charge in [-0.1, -0.05) is 23.7 Å². The lowest BCUT2D eigenvalue weighted by Crippen LogP contribution is -1.88. The van der Waals surface area contributed by atoms with E-state index in [0.29, 0.717) is 11.1 Å². The van der Waals surface area contributed by atoms with E-state index in [1.165, 1.54) is 30.3 Å². The molecule has 0 saturated carbocycles. The van der Waals surface area contributed by atoms with E-state index in [9.17, 15) is 18.9 Å². The predicted molar refractivity (Wildman–Crippen MR) is 86.5 cm³/mol. The molecule has 9 heteroatoms. The Morgan fingerprint density at radius 3 is 2.68 bits per heavy atom. The Balaban J connectivity index is 1.90. The molecule has 3 rings (SSSR count). The van der Waals surface area contributed by atoms with E-state index in [4.69, 9.17) is 16.0 Å². The van der Waals surface area contributed by atoms with Gasteiger partial charge >= 0.3 is 0 Å². The molecule has 0 saturated heterocycles. The van der Waals surface area contributed by atoms with Gasteiger partial charge in [-0.25, -0.2) is 8.78 Å². The molecule has 0 atom stereocenters. The van der Waals surface area contributed by atoms with Crippen LogP contribution in [0.3, 0.4) is 0 Å². The fraction of sp³-hybridized carbons (Fsp3) is 0. The van der Waals surface area contributed by atoms with Gasteiger partial charge in [0.25, 0.3) is 11.6 Å². The molecule has 3 aromatic rings. The van der Waals surface area contributed by atoms with Crippen molar-refractivity contribution in [2.24, 2.45) is 0 Å². The third kappa shape index (κ3) is 3.69. The SMILES string of the molecule is O=[N+]([O-])c1cccc(-c2nnc(/C(Cl)=C/c3ccc(F)c(F)c3)o2)c1. The Labute approximate surface area is 144 Å². The van der Waals surface area contributed by atoms with Crippen molar-refractivity contribution in [3.8, 4) is 11.5 Å². The highest BCUT2D eigenvalue weighted by molar-refractivity contribution is 6.50. The summed E-state index contributed by atoms with van der Waals surface area (Å²) >= 11 is 6.06. The maximum atomic E-state index is 13.2. The fourth-order valence-electron chi connectivity index (χ4n) is 2.00. The van der Waals surface area contributed by atoms with E-state index >= 15 is 0 Å². The summed E-state index contributed by atoms with van der Waals surface area (Å²) in [6.45, 7) is 0. The molecule has 1 aromatic heterocycles. The molecular weight excluding hydrogens is 356 g/mol. The molecule has 25 heavy (non-hydrogen) atoms. The van der Waals surface area contributed by atoms with Gasteiger partial charge in [-0.3, -0.25) is 10.1 Å². The third-order valence-corrected chi connectivity index (χ3v) is 3.44. The molecular formula is C16H8ClF2N3O3. The van der Waals surface area contributed by atoms with Gasteiger partial charge in [0.2, 0.25) is 5.89 Å². The number of halogens is 3. The molecule has 0 aliphatic carbocycles. The number of nitro benzene ring substituents is 1. The Bertz CT molecular complexity index is 988. The Hall–Kier alpha value is -3.13. The first-order valence-electron chi connectivity index (χ1n) is 6.85. The lowest BCUT2D eigenvalue weighted by atomic mass is 10.2. The van der Waals surface area contributed by atoms with E-state index in [1.54, 1.807) is 6.07 Å². The number of benzene rings is 2. The molecule has 0 aliphatic heterocycles. The second-order valence-corrected chi connectivity index (χ2v) is 5.29. The normalized spacial score (nSPS) is 11.6. The molecule has 0 amide bonds. The summed E-state index contributed by atoms with van der Waals surface area (Å²) in [7, 11) is 0. The van der Waals surface area contributed by atoms with Crippen molar-refractivity contribution in [1.82, 2.24) is 10.2 Å². The summed E-state index contributed by atoms with van der Waals surface area (Å²) < 4.78 is 31.5. The van der Waals surface area contributed by atoms with Crippen molar-refractivity contribution < 1.29 is 18.1 Å². The minimum atomic E-state index is -1.01. The zero-order chi connectivity index (χ0) is 18.0. The topological polar surface area (TPSA) is 82.1 Å². The van der Waals surface area contributed by atoms with Gasteiger partial charge in [-0.2, -0.15) is 0 Å². The van der Waals surface area contributed by atoms with E-state index in [1.807, 2.05) is 0 Å². The molecule has 0 N–H and O–H groups in total. The largest absolute Gasteiger partial charge is 0.415 e. The lowest BCUT2D eigenvalue weighted by Gasteiger charge is -1.97. The summed E-state index contributed by atoms with van der Waals surface area (Å²) in [5.41, 5.74) is 0.532. The first-order valence-corrected chi connectivity index (χ1v) is 7.23. The van der Waals surface area contributed by atoms with Crippen LogP contribution in [-0.2, 0) is 0 Å². The van der Waals surface area contributed by atoms with E-state index < -0.39 is 16.6 Å². The van der Waals surface area contributed by atoms with Crippen LogP contribution in [0.15, 0.2) is 46.9 Å². The van der Waals surface area contributed by atoms with Gasteiger partial charge in [-0.05, 0) is 29.8 Å². The maximum Gasteiger partial charge on any atom is 0.270 e.